The maximum Gasteiger partial charge on any atom is 0.269 e. The van der Waals surface area contributed by atoms with E-state index in [1.165, 1.54) is 11.3 Å². The van der Waals surface area contributed by atoms with Crippen LogP contribution in [0.4, 0.5) is 16.6 Å². The normalized spacial score (nSPS) is 10.3. The van der Waals surface area contributed by atoms with E-state index in [2.05, 4.69) is 15.6 Å². The number of carbonyl (C=O) groups is 1. The number of carbonyl (C=O) groups excluding carboxylic acids is 1. The molecule has 19 heavy (non-hydrogen) atoms. The lowest BCUT2D eigenvalue weighted by Gasteiger charge is -2.09. The van der Waals surface area contributed by atoms with Gasteiger partial charge in [0, 0.05) is 12.7 Å². The quantitative estimate of drug-likeness (QED) is 0.805. The lowest BCUT2D eigenvalue weighted by atomic mass is 10.1. The smallest absolute Gasteiger partial charge is 0.269 e. The van der Waals surface area contributed by atoms with Crippen molar-refractivity contribution < 1.29 is 4.79 Å². The van der Waals surface area contributed by atoms with Crippen molar-refractivity contribution in [2.45, 2.75) is 13.8 Å². The van der Waals surface area contributed by atoms with Crippen LogP contribution >= 0.6 is 11.3 Å². The second kappa shape index (κ2) is 5.27. The molecule has 2 rings (SSSR count). The molecule has 0 aliphatic rings. The number of nitrogens with one attached hydrogen (secondary N) is 2. The number of hydrogen-bond acceptors (Lipinski definition) is 5. The van der Waals surface area contributed by atoms with Crippen LogP contribution in [0.3, 0.4) is 0 Å². The van der Waals surface area contributed by atoms with E-state index < -0.39 is 0 Å². The van der Waals surface area contributed by atoms with Gasteiger partial charge >= 0.3 is 0 Å². The van der Waals surface area contributed by atoms with Crippen LogP contribution in [0.1, 0.15) is 20.8 Å². The monoisotopic (exact) mass is 276 g/mol. The zero-order valence-corrected chi connectivity index (χ0v) is 11.9. The molecule has 0 aliphatic carbocycles. The molecule has 2 aromatic rings. The fourth-order valence-electron chi connectivity index (χ4n) is 1.67. The van der Waals surface area contributed by atoms with Crippen LogP contribution in [-0.2, 0) is 0 Å². The summed E-state index contributed by atoms with van der Waals surface area (Å²) in [6, 6.07) is 5.79. The molecule has 0 unspecified atom stereocenters. The molecule has 1 amide bonds. The first-order valence-corrected chi connectivity index (χ1v) is 6.66. The van der Waals surface area contributed by atoms with Crippen molar-refractivity contribution in [1.82, 2.24) is 4.98 Å². The first-order chi connectivity index (χ1) is 9.02. The second-order valence-electron chi connectivity index (χ2n) is 4.18. The highest BCUT2D eigenvalue weighted by molar-refractivity contribution is 7.18. The van der Waals surface area contributed by atoms with Crippen LogP contribution in [-0.4, -0.2) is 17.9 Å². The summed E-state index contributed by atoms with van der Waals surface area (Å²) in [4.78, 5) is 16.7. The van der Waals surface area contributed by atoms with E-state index >= 15 is 0 Å². The molecule has 0 saturated heterocycles. The van der Waals surface area contributed by atoms with E-state index in [0.29, 0.717) is 10.0 Å². The second-order valence-corrected chi connectivity index (χ2v) is 5.18. The van der Waals surface area contributed by atoms with Crippen molar-refractivity contribution in [3.63, 3.8) is 0 Å². The zero-order chi connectivity index (χ0) is 14.0. The molecule has 0 saturated carbocycles. The molecule has 0 aliphatic heterocycles. The predicted octanol–water partition coefficient (Wildman–Crippen LogP) is 2.64. The summed E-state index contributed by atoms with van der Waals surface area (Å²) in [5.74, 6) is 0.0161. The molecule has 6 heteroatoms. The Hall–Kier alpha value is -2.08. The first kappa shape index (κ1) is 13.4. The van der Waals surface area contributed by atoms with Gasteiger partial charge in [-0.3, -0.25) is 4.79 Å². The third kappa shape index (κ3) is 2.68. The molecule has 5 nitrogen and oxygen atoms in total. The number of aryl methyl sites for hydroxylation is 1. The number of hydrogen-bond donors (Lipinski definition) is 3. The summed E-state index contributed by atoms with van der Waals surface area (Å²) < 4.78 is 0. The van der Waals surface area contributed by atoms with Crippen LogP contribution in [0.25, 0.3) is 0 Å². The van der Waals surface area contributed by atoms with E-state index in [-0.39, 0.29) is 11.7 Å². The highest BCUT2D eigenvalue weighted by Crippen LogP contribution is 2.26. The minimum Gasteiger partial charge on any atom is -0.382 e. The van der Waals surface area contributed by atoms with Crippen molar-refractivity contribution in [3.05, 3.63) is 34.2 Å². The van der Waals surface area contributed by atoms with E-state index in [1.54, 1.807) is 7.05 Å². The van der Waals surface area contributed by atoms with E-state index in [0.717, 1.165) is 16.8 Å². The van der Waals surface area contributed by atoms with Crippen molar-refractivity contribution in [1.29, 1.82) is 0 Å². The minimum absolute atomic E-state index is 0.231. The molecule has 1 aromatic carbocycles. The molecule has 0 fully saturated rings. The number of benzene rings is 1. The summed E-state index contributed by atoms with van der Waals surface area (Å²) in [5, 5.41) is 6.37. The van der Waals surface area contributed by atoms with Gasteiger partial charge in [-0.2, -0.15) is 0 Å². The van der Waals surface area contributed by atoms with E-state index in [4.69, 9.17) is 5.73 Å². The Kier molecular flexibility index (Phi) is 3.71. The third-order valence-electron chi connectivity index (χ3n) is 2.93. The highest BCUT2D eigenvalue weighted by atomic mass is 32.1. The van der Waals surface area contributed by atoms with Gasteiger partial charge in [0.2, 0.25) is 0 Å². The summed E-state index contributed by atoms with van der Waals surface area (Å²) in [7, 11) is 1.74. The number of amides is 1. The van der Waals surface area contributed by atoms with Gasteiger partial charge in [-0.05, 0) is 31.0 Å². The van der Waals surface area contributed by atoms with E-state index in [1.807, 2.05) is 32.0 Å². The Bertz CT molecular complexity index is 621. The molecule has 0 spiro atoms. The topological polar surface area (TPSA) is 80.0 Å². The SMILES string of the molecule is CNc1nc(N)c(C(=O)Nc2cccc(C)c2C)s1. The van der Waals surface area contributed by atoms with Gasteiger partial charge in [-0.15, -0.1) is 0 Å². The highest BCUT2D eigenvalue weighted by Gasteiger charge is 2.16. The summed E-state index contributed by atoms with van der Waals surface area (Å²) >= 11 is 1.24. The summed E-state index contributed by atoms with van der Waals surface area (Å²) in [5.41, 5.74) is 8.71. The Morgan fingerprint density at radius 3 is 2.74 bits per heavy atom. The first-order valence-electron chi connectivity index (χ1n) is 5.84. The maximum atomic E-state index is 12.2. The Labute approximate surface area is 115 Å². The third-order valence-corrected chi connectivity index (χ3v) is 4.01. The van der Waals surface area contributed by atoms with Crippen molar-refractivity contribution in [2.24, 2.45) is 0 Å². The van der Waals surface area contributed by atoms with Crippen LogP contribution in [0.5, 0.6) is 0 Å². The molecular formula is C13H16N4OS. The summed E-state index contributed by atoms with van der Waals surface area (Å²) in [6.45, 7) is 3.98. The Morgan fingerprint density at radius 1 is 1.37 bits per heavy atom. The minimum atomic E-state index is -0.231. The number of aromatic nitrogens is 1. The van der Waals surface area contributed by atoms with Crippen molar-refractivity contribution in [2.75, 3.05) is 23.4 Å². The van der Waals surface area contributed by atoms with Gasteiger partial charge < -0.3 is 16.4 Å². The maximum absolute atomic E-state index is 12.2. The fourth-order valence-corrected chi connectivity index (χ4v) is 2.40. The fraction of sp³-hybridized carbons (Fsp3) is 0.231. The molecule has 0 atom stereocenters. The predicted molar refractivity (Wildman–Crippen MR) is 79.9 cm³/mol. The van der Waals surface area contributed by atoms with Gasteiger partial charge in [0.05, 0.1) is 0 Å². The van der Waals surface area contributed by atoms with Crippen LogP contribution in [0, 0.1) is 13.8 Å². The molecular weight excluding hydrogens is 260 g/mol. The van der Waals surface area contributed by atoms with Crippen LogP contribution < -0.4 is 16.4 Å². The molecule has 0 bridgehead atoms. The Balaban J connectivity index is 2.25. The number of nitrogen functional groups attached to an aromatic ring is 1. The van der Waals surface area contributed by atoms with Crippen molar-refractivity contribution in [3.8, 4) is 0 Å². The number of thiazole rings is 1. The Morgan fingerprint density at radius 2 is 2.11 bits per heavy atom. The molecule has 1 aromatic heterocycles. The molecule has 0 radical (unpaired) electrons. The van der Waals surface area contributed by atoms with Crippen molar-refractivity contribution >= 4 is 33.9 Å². The number of nitrogens with zero attached hydrogens (tertiary/aromatic N) is 1. The number of nitrogens with two attached hydrogens (primary N) is 1. The van der Waals surface area contributed by atoms with E-state index in [9.17, 15) is 4.79 Å². The largest absolute Gasteiger partial charge is 0.382 e. The van der Waals surface area contributed by atoms with Crippen LogP contribution in [0.2, 0.25) is 0 Å². The van der Waals surface area contributed by atoms with Gasteiger partial charge in [0.15, 0.2) is 5.13 Å². The van der Waals surface area contributed by atoms with Gasteiger partial charge in [-0.25, -0.2) is 4.98 Å². The van der Waals surface area contributed by atoms with Gasteiger partial charge in [0.25, 0.3) is 5.91 Å². The average molecular weight is 276 g/mol. The lowest BCUT2D eigenvalue weighted by Crippen LogP contribution is -2.13. The van der Waals surface area contributed by atoms with Gasteiger partial charge in [-0.1, -0.05) is 23.5 Å². The molecule has 4 N–H and O–H groups in total. The lowest BCUT2D eigenvalue weighted by molar-refractivity contribution is 0.103. The molecule has 100 valence electrons. The van der Waals surface area contributed by atoms with Gasteiger partial charge in [0.1, 0.15) is 10.7 Å². The number of anilines is 3. The standard InChI is InChI=1S/C13H16N4OS/c1-7-5-4-6-9(8(7)2)16-12(18)10-11(14)17-13(15-3)19-10/h4-6H,14H2,1-3H3,(H,15,17)(H,16,18). The molecule has 1 heterocycles. The summed E-state index contributed by atoms with van der Waals surface area (Å²) in [6.07, 6.45) is 0. The average Bonchev–Trinajstić information content (AvgIpc) is 2.76. The zero-order valence-electron chi connectivity index (χ0n) is 11.1. The van der Waals surface area contributed by atoms with Crippen LogP contribution in [0.15, 0.2) is 18.2 Å². The number of rotatable bonds is 3.